The number of aliphatic hydroxyl groups is 3. The fourth-order valence-electron chi connectivity index (χ4n) is 4.77. The van der Waals surface area contributed by atoms with Crippen molar-refractivity contribution in [3.8, 4) is 0 Å². The van der Waals surface area contributed by atoms with Crippen LogP contribution in [-0.2, 0) is 18.9 Å². The van der Waals surface area contributed by atoms with Crippen molar-refractivity contribution in [1.29, 1.82) is 0 Å². The fraction of sp³-hybridized carbons (Fsp3) is 0.905. The number of aliphatic hydroxyl groups excluding tert-OH is 2. The van der Waals surface area contributed by atoms with Gasteiger partial charge in [-0.05, 0) is 39.9 Å². The Kier molecular flexibility index (Phi) is 8.53. The largest absolute Gasteiger partial charge is 0.468 e. The lowest BCUT2D eigenvalue weighted by Gasteiger charge is -2.48. The molecule has 0 aromatic carbocycles. The molecule has 1 saturated heterocycles. The van der Waals surface area contributed by atoms with E-state index in [1.54, 1.807) is 21.0 Å². The van der Waals surface area contributed by atoms with E-state index in [0.29, 0.717) is 19.3 Å². The Hall–Kier alpha value is -0.860. The zero-order valence-corrected chi connectivity index (χ0v) is 19.3. The van der Waals surface area contributed by atoms with Crippen molar-refractivity contribution >= 4 is 0 Å². The fourth-order valence-corrected chi connectivity index (χ4v) is 4.77. The lowest BCUT2D eigenvalue weighted by molar-refractivity contribution is -0.304. The van der Waals surface area contributed by atoms with Crippen LogP contribution < -0.4 is 22.1 Å². The van der Waals surface area contributed by atoms with Gasteiger partial charge in [0.2, 0.25) is 6.29 Å². The highest BCUT2D eigenvalue weighted by molar-refractivity contribution is 5.04. The molecule has 0 radical (unpaired) electrons. The van der Waals surface area contributed by atoms with E-state index in [1.807, 2.05) is 13.0 Å². The number of hydrogen-bond acceptors (Lipinski definition) is 11. The predicted molar refractivity (Wildman–Crippen MR) is 116 cm³/mol. The number of likely N-dealkylation sites (N-methyl/N-ethyl adjacent to an activating group) is 2. The molecule has 9 N–H and O–H groups in total. The normalized spacial score (nSPS) is 47.6. The Labute approximate surface area is 189 Å². The van der Waals surface area contributed by atoms with E-state index in [9.17, 15) is 15.3 Å². The van der Waals surface area contributed by atoms with E-state index in [4.69, 9.17) is 30.4 Å². The van der Waals surface area contributed by atoms with Crippen molar-refractivity contribution in [3.05, 3.63) is 11.8 Å². The monoisotopic (exact) mass is 460 g/mol. The molecule has 186 valence electrons. The molecular weight excluding hydrogens is 420 g/mol. The van der Waals surface area contributed by atoms with Gasteiger partial charge >= 0.3 is 0 Å². The first-order valence-electron chi connectivity index (χ1n) is 11.3. The van der Waals surface area contributed by atoms with E-state index in [1.165, 1.54) is 0 Å². The minimum Gasteiger partial charge on any atom is -0.468 e. The summed E-state index contributed by atoms with van der Waals surface area (Å²) in [6.45, 7) is 3.52. The van der Waals surface area contributed by atoms with Crippen molar-refractivity contribution in [2.24, 2.45) is 11.5 Å². The topological polar surface area (TPSA) is 174 Å². The molecule has 3 rings (SSSR count). The molecule has 3 aliphatic rings. The lowest BCUT2D eigenvalue weighted by atomic mass is 9.83. The van der Waals surface area contributed by atoms with Gasteiger partial charge in [0.15, 0.2) is 6.29 Å². The van der Waals surface area contributed by atoms with Crippen molar-refractivity contribution in [2.45, 2.75) is 99.9 Å². The molecule has 2 aliphatic heterocycles. The highest BCUT2D eigenvalue weighted by Crippen LogP contribution is 2.32. The maximum absolute atomic E-state index is 11.2. The summed E-state index contributed by atoms with van der Waals surface area (Å²) in [5, 5.41) is 38.4. The summed E-state index contributed by atoms with van der Waals surface area (Å²) >= 11 is 0. The molecule has 0 aromatic rings. The number of hydrogen-bond donors (Lipinski definition) is 7. The summed E-state index contributed by atoms with van der Waals surface area (Å²) in [4.78, 5) is 0. The van der Waals surface area contributed by atoms with Gasteiger partial charge in [0.05, 0.1) is 24.4 Å². The molecule has 0 aromatic heterocycles. The standard InChI is InChI=1S/C21H40N4O7/c1-5-10-6-7-11(22)19(30-10)31-16-12(23)8-13(24-3)17(14(16)26)32-20-15(27)18(25-4)21(2,28)9-29-20/h6,11-20,24-28H,5,7-9,22-23H2,1-4H3/t11-,12+,13-,14+,15-,16?,17+,18-,19-,20-,21+/m1/s1. The maximum Gasteiger partial charge on any atom is 0.215 e. The smallest absolute Gasteiger partial charge is 0.215 e. The van der Waals surface area contributed by atoms with Gasteiger partial charge in [-0.1, -0.05) is 6.92 Å². The average Bonchev–Trinajstić information content (AvgIpc) is 2.75. The molecule has 11 heteroatoms. The van der Waals surface area contributed by atoms with Gasteiger partial charge in [-0.15, -0.1) is 0 Å². The number of allylic oxidation sites excluding steroid dienone is 1. The molecule has 1 saturated carbocycles. The molecule has 11 atom stereocenters. The lowest BCUT2D eigenvalue weighted by Crippen LogP contribution is -2.68. The van der Waals surface area contributed by atoms with Crippen molar-refractivity contribution in [1.82, 2.24) is 10.6 Å². The first-order chi connectivity index (χ1) is 15.1. The molecule has 32 heavy (non-hydrogen) atoms. The second kappa shape index (κ2) is 10.6. The Bertz CT molecular complexity index is 652. The highest BCUT2D eigenvalue weighted by Gasteiger charge is 2.51. The molecule has 0 amide bonds. The molecule has 1 aliphatic carbocycles. The Balaban J connectivity index is 1.73. The summed E-state index contributed by atoms with van der Waals surface area (Å²) in [7, 11) is 3.39. The second-order valence-electron chi connectivity index (χ2n) is 9.19. The highest BCUT2D eigenvalue weighted by atomic mass is 16.7. The van der Waals surface area contributed by atoms with Gasteiger partial charge in [-0.2, -0.15) is 0 Å². The van der Waals surface area contributed by atoms with Crippen LogP contribution in [0.5, 0.6) is 0 Å². The van der Waals surface area contributed by atoms with Crippen LogP contribution in [0.1, 0.15) is 33.1 Å². The van der Waals surface area contributed by atoms with Crippen LogP contribution in [0.4, 0.5) is 0 Å². The van der Waals surface area contributed by atoms with Crippen molar-refractivity contribution < 1.29 is 34.3 Å². The van der Waals surface area contributed by atoms with Gasteiger partial charge < -0.3 is 56.4 Å². The van der Waals surface area contributed by atoms with Gasteiger partial charge in [0.1, 0.15) is 30.0 Å². The minimum atomic E-state index is -1.27. The average molecular weight is 461 g/mol. The number of nitrogens with two attached hydrogens (primary N) is 2. The third kappa shape index (κ3) is 5.27. The summed E-state index contributed by atoms with van der Waals surface area (Å²) < 4.78 is 23.6. The Morgan fingerprint density at radius 1 is 1.09 bits per heavy atom. The van der Waals surface area contributed by atoms with Crippen molar-refractivity contribution in [2.75, 3.05) is 20.7 Å². The Morgan fingerprint density at radius 3 is 2.41 bits per heavy atom. The second-order valence-corrected chi connectivity index (χ2v) is 9.19. The third-order valence-corrected chi connectivity index (χ3v) is 6.70. The first-order valence-corrected chi connectivity index (χ1v) is 11.3. The van der Waals surface area contributed by atoms with Crippen LogP contribution in [0.15, 0.2) is 11.8 Å². The van der Waals surface area contributed by atoms with Crippen LogP contribution in [0.25, 0.3) is 0 Å². The summed E-state index contributed by atoms with van der Waals surface area (Å²) in [6.07, 6.45) is -1.92. The molecule has 1 unspecified atom stereocenters. The van der Waals surface area contributed by atoms with Crippen LogP contribution >= 0.6 is 0 Å². The van der Waals surface area contributed by atoms with E-state index < -0.39 is 54.7 Å². The van der Waals surface area contributed by atoms with Crippen LogP contribution in [-0.4, -0.2) is 103 Å². The van der Waals surface area contributed by atoms with E-state index >= 15 is 0 Å². The van der Waals surface area contributed by atoms with E-state index in [0.717, 1.165) is 5.76 Å². The SMILES string of the molecule is CCC1=CC[C@@H](N)[C@@H](OC2[C@@H](N)C[C@@H](NC)[C@H](O[C@H]3OC[C@](C)(O)[C@H](NC)[C@H]3O)[C@H]2O)O1. The van der Waals surface area contributed by atoms with Gasteiger partial charge in [-0.25, -0.2) is 0 Å². The van der Waals surface area contributed by atoms with E-state index in [-0.39, 0.29) is 18.7 Å². The van der Waals surface area contributed by atoms with Crippen molar-refractivity contribution in [3.63, 3.8) is 0 Å². The summed E-state index contributed by atoms with van der Waals surface area (Å²) in [5.41, 5.74) is 11.3. The molecular formula is C21H40N4O7. The first kappa shape index (κ1) is 25.8. The summed E-state index contributed by atoms with van der Waals surface area (Å²) in [5.74, 6) is 0.792. The van der Waals surface area contributed by atoms with Gasteiger partial charge in [0.25, 0.3) is 0 Å². The van der Waals surface area contributed by atoms with Gasteiger partial charge in [-0.3, -0.25) is 0 Å². The maximum atomic E-state index is 11.2. The third-order valence-electron chi connectivity index (χ3n) is 6.70. The Morgan fingerprint density at radius 2 is 1.78 bits per heavy atom. The molecule has 11 nitrogen and oxygen atoms in total. The number of ether oxygens (including phenoxy) is 4. The van der Waals surface area contributed by atoms with E-state index in [2.05, 4.69) is 10.6 Å². The zero-order chi connectivity index (χ0) is 23.6. The molecule has 2 heterocycles. The number of nitrogens with one attached hydrogen (secondary N) is 2. The van der Waals surface area contributed by atoms with Gasteiger partial charge in [0, 0.05) is 18.5 Å². The zero-order valence-electron chi connectivity index (χ0n) is 19.3. The van der Waals surface area contributed by atoms with Crippen LogP contribution in [0.2, 0.25) is 0 Å². The van der Waals surface area contributed by atoms with Crippen LogP contribution in [0, 0.1) is 0 Å². The van der Waals surface area contributed by atoms with Crippen LogP contribution in [0.3, 0.4) is 0 Å². The predicted octanol–water partition coefficient (Wildman–Crippen LogP) is -2.14. The molecule has 2 fully saturated rings. The summed E-state index contributed by atoms with van der Waals surface area (Å²) in [6, 6.07) is -1.85. The number of rotatable bonds is 7. The quantitative estimate of drug-likeness (QED) is 0.221. The minimum absolute atomic E-state index is 0.0381. The molecule has 0 spiro atoms. The molecule has 0 bridgehead atoms.